The maximum atomic E-state index is 12.9. The van der Waals surface area contributed by atoms with Crippen LogP contribution in [0.4, 0.5) is 5.69 Å². The first-order valence-corrected chi connectivity index (χ1v) is 13.7. The summed E-state index contributed by atoms with van der Waals surface area (Å²) in [7, 11) is -3.54. The molecule has 0 aliphatic carbocycles. The topological polar surface area (TPSA) is 90.0 Å². The summed E-state index contributed by atoms with van der Waals surface area (Å²) in [5.74, 6) is 0.246. The highest BCUT2D eigenvalue weighted by molar-refractivity contribution is 7.89. The van der Waals surface area contributed by atoms with Crippen molar-refractivity contribution in [2.75, 3.05) is 50.7 Å². The second-order valence-corrected chi connectivity index (χ2v) is 11.3. The fraction of sp³-hybridized carbons (Fsp3) is 0.462. The monoisotopic (exact) mass is 498 g/mol. The van der Waals surface area contributed by atoms with Gasteiger partial charge in [0.1, 0.15) is 0 Å². The number of piperidine rings is 1. The average Bonchev–Trinajstić information content (AvgIpc) is 2.89. The summed E-state index contributed by atoms with van der Waals surface area (Å²) in [6.07, 6.45) is 1.96. The van der Waals surface area contributed by atoms with Gasteiger partial charge in [-0.25, -0.2) is 8.42 Å². The van der Waals surface area contributed by atoms with Gasteiger partial charge in [0, 0.05) is 63.5 Å². The van der Waals surface area contributed by atoms with Gasteiger partial charge in [-0.15, -0.1) is 0 Å². The lowest BCUT2D eigenvalue weighted by atomic mass is 10.0. The number of anilines is 1. The Morgan fingerprint density at radius 1 is 0.886 bits per heavy atom. The van der Waals surface area contributed by atoms with E-state index in [1.807, 2.05) is 23.1 Å². The molecule has 8 nitrogen and oxygen atoms in total. The minimum Gasteiger partial charge on any atom is -0.368 e. The lowest BCUT2D eigenvalue weighted by Crippen LogP contribution is -2.49. The molecule has 35 heavy (non-hydrogen) atoms. The highest BCUT2D eigenvalue weighted by Crippen LogP contribution is 2.23. The molecule has 0 bridgehead atoms. The van der Waals surface area contributed by atoms with Crippen molar-refractivity contribution in [2.24, 2.45) is 5.92 Å². The van der Waals surface area contributed by atoms with Gasteiger partial charge in [0.05, 0.1) is 4.90 Å². The van der Waals surface area contributed by atoms with Crippen LogP contribution >= 0.6 is 0 Å². The summed E-state index contributed by atoms with van der Waals surface area (Å²) < 4.78 is 27.2. The predicted octanol–water partition coefficient (Wildman–Crippen LogP) is 2.58. The van der Waals surface area contributed by atoms with Crippen molar-refractivity contribution < 1.29 is 18.0 Å². The van der Waals surface area contributed by atoms with Gasteiger partial charge >= 0.3 is 0 Å². The summed E-state index contributed by atoms with van der Waals surface area (Å²) in [5.41, 5.74) is 1.54. The summed E-state index contributed by atoms with van der Waals surface area (Å²) in [6.45, 7) is 6.32. The third kappa shape index (κ3) is 6.21. The Bertz CT molecular complexity index is 1110. The Kier molecular flexibility index (Phi) is 8.07. The van der Waals surface area contributed by atoms with Gasteiger partial charge in [-0.2, -0.15) is 4.31 Å². The van der Waals surface area contributed by atoms with Crippen LogP contribution in [0.3, 0.4) is 0 Å². The van der Waals surface area contributed by atoms with Gasteiger partial charge in [0.25, 0.3) is 5.91 Å². The SMILES string of the molecule is CC1CCN(S(=O)(=O)c2ccc(C(=O)NCCC(=O)N3CCN(c4ccccc4)CC3)cc2)CC1. The van der Waals surface area contributed by atoms with E-state index in [0.29, 0.717) is 37.7 Å². The van der Waals surface area contributed by atoms with Crippen molar-refractivity contribution in [1.29, 1.82) is 0 Å². The summed E-state index contributed by atoms with van der Waals surface area (Å²) in [5, 5.41) is 2.77. The van der Waals surface area contributed by atoms with E-state index < -0.39 is 10.0 Å². The van der Waals surface area contributed by atoms with Crippen LogP contribution in [0.5, 0.6) is 0 Å². The Hall–Kier alpha value is -2.91. The normalized spacial score (nSPS) is 17.9. The molecule has 0 saturated carbocycles. The molecule has 2 saturated heterocycles. The first-order chi connectivity index (χ1) is 16.8. The highest BCUT2D eigenvalue weighted by Gasteiger charge is 2.28. The number of amides is 2. The van der Waals surface area contributed by atoms with E-state index in [4.69, 9.17) is 0 Å². The zero-order chi connectivity index (χ0) is 24.8. The zero-order valence-corrected chi connectivity index (χ0v) is 21.0. The molecule has 2 aromatic rings. The lowest BCUT2D eigenvalue weighted by molar-refractivity contribution is -0.131. The molecule has 0 aromatic heterocycles. The summed E-state index contributed by atoms with van der Waals surface area (Å²) in [6, 6.07) is 16.2. The van der Waals surface area contributed by atoms with E-state index >= 15 is 0 Å². The summed E-state index contributed by atoms with van der Waals surface area (Å²) in [4.78, 5) is 29.4. The largest absolute Gasteiger partial charge is 0.368 e. The number of nitrogens with zero attached hydrogens (tertiary/aromatic N) is 3. The van der Waals surface area contributed by atoms with Crippen LogP contribution in [0.25, 0.3) is 0 Å². The quantitative estimate of drug-likeness (QED) is 0.634. The molecule has 2 aliphatic heterocycles. The van der Waals surface area contributed by atoms with E-state index in [9.17, 15) is 18.0 Å². The van der Waals surface area contributed by atoms with Crippen LogP contribution in [-0.4, -0.2) is 75.3 Å². The van der Waals surface area contributed by atoms with Crippen LogP contribution in [0.2, 0.25) is 0 Å². The predicted molar refractivity (Wildman–Crippen MR) is 136 cm³/mol. The van der Waals surface area contributed by atoms with Crippen molar-refractivity contribution in [3.63, 3.8) is 0 Å². The molecular formula is C26H34N4O4S. The number of carbonyl (C=O) groups is 2. The second kappa shape index (κ2) is 11.2. The molecule has 9 heteroatoms. The van der Waals surface area contributed by atoms with Gasteiger partial charge in [-0.3, -0.25) is 9.59 Å². The molecular weight excluding hydrogens is 464 g/mol. The summed E-state index contributed by atoms with van der Waals surface area (Å²) >= 11 is 0. The highest BCUT2D eigenvalue weighted by atomic mass is 32.2. The van der Waals surface area contributed by atoms with E-state index in [0.717, 1.165) is 31.6 Å². The molecule has 0 unspecified atom stereocenters. The molecule has 4 rings (SSSR count). The molecule has 2 fully saturated rings. The van der Waals surface area contributed by atoms with Crippen LogP contribution in [0.15, 0.2) is 59.5 Å². The van der Waals surface area contributed by atoms with E-state index in [2.05, 4.69) is 29.3 Å². The number of hydrogen-bond donors (Lipinski definition) is 1. The van der Waals surface area contributed by atoms with Crippen molar-refractivity contribution in [3.8, 4) is 0 Å². The smallest absolute Gasteiger partial charge is 0.251 e. The van der Waals surface area contributed by atoms with Crippen LogP contribution < -0.4 is 10.2 Å². The van der Waals surface area contributed by atoms with Crippen molar-refractivity contribution in [3.05, 3.63) is 60.2 Å². The molecule has 0 atom stereocenters. The fourth-order valence-electron chi connectivity index (χ4n) is 4.55. The van der Waals surface area contributed by atoms with Crippen LogP contribution in [0, 0.1) is 5.92 Å². The van der Waals surface area contributed by atoms with Gasteiger partial charge < -0.3 is 15.1 Å². The Morgan fingerprint density at radius 2 is 1.51 bits per heavy atom. The Morgan fingerprint density at radius 3 is 2.14 bits per heavy atom. The van der Waals surface area contributed by atoms with Crippen LogP contribution in [0.1, 0.15) is 36.5 Å². The molecule has 2 aromatic carbocycles. The van der Waals surface area contributed by atoms with Crippen molar-refractivity contribution in [2.45, 2.75) is 31.1 Å². The number of carbonyl (C=O) groups excluding carboxylic acids is 2. The standard InChI is InChI=1S/C26H34N4O4S/c1-21-12-15-30(16-13-21)35(33,34)24-9-7-22(8-10-24)26(32)27-14-11-25(31)29-19-17-28(18-20-29)23-5-3-2-4-6-23/h2-10,21H,11-20H2,1H3,(H,27,32). The van der Waals surface area contributed by atoms with Gasteiger partial charge in [-0.1, -0.05) is 25.1 Å². The van der Waals surface area contributed by atoms with Gasteiger partial charge in [0.15, 0.2) is 0 Å². The number of para-hydroxylation sites is 1. The number of benzene rings is 2. The maximum Gasteiger partial charge on any atom is 0.251 e. The molecule has 2 amide bonds. The molecule has 188 valence electrons. The minimum absolute atomic E-state index is 0.0234. The second-order valence-electron chi connectivity index (χ2n) is 9.32. The molecule has 2 heterocycles. The molecule has 0 radical (unpaired) electrons. The number of nitrogens with one attached hydrogen (secondary N) is 1. The number of sulfonamides is 1. The number of rotatable bonds is 7. The van der Waals surface area contributed by atoms with Gasteiger partial charge in [-0.05, 0) is 55.2 Å². The van der Waals surface area contributed by atoms with E-state index in [1.165, 1.54) is 28.6 Å². The number of piperazine rings is 1. The Balaban J connectivity index is 1.22. The van der Waals surface area contributed by atoms with E-state index in [-0.39, 0.29) is 29.7 Å². The molecule has 2 aliphatic rings. The molecule has 1 N–H and O–H groups in total. The lowest BCUT2D eigenvalue weighted by Gasteiger charge is -2.36. The van der Waals surface area contributed by atoms with E-state index in [1.54, 1.807) is 0 Å². The molecule has 0 spiro atoms. The van der Waals surface area contributed by atoms with Crippen molar-refractivity contribution in [1.82, 2.24) is 14.5 Å². The fourth-order valence-corrected chi connectivity index (χ4v) is 6.02. The zero-order valence-electron chi connectivity index (χ0n) is 20.2. The average molecular weight is 499 g/mol. The Labute approximate surface area is 207 Å². The van der Waals surface area contributed by atoms with Crippen molar-refractivity contribution >= 4 is 27.5 Å². The third-order valence-corrected chi connectivity index (χ3v) is 8.79. The number of hydrogen-bond acceptors (Lipinski definition) is 5. The van der Waals surface area contributed by atoms with Crippen LogP contribution in [-0.2, 0) is 14.8 Å². The third-order valence-electron chi connectivity index (χ3n) is 6.88. The maximum absolute atomic E-state index is 12.9. The first-order valence-electron chi connectivity index (χ1n) is 12.3. The minimum atomic E-state index is -3.54. The van der Waals surface area contributed by atoms with Gasteiger partial charge in [0.2, 0.25) is 15.9 Å². The first kappa shape index (κ1) is 25.2.